The molecule has 1 heterocycles. The summed E-state index contributed by atoms with van der Waals surface area (Å²) in [6, 6.07) is 8.78. The Morgan fingerprint density at radius 1 is 1.32 bits per heavy atom. The van der Waals surface area contributed by atoms with E-state index < -0.39 is 21.3 Å². The molecule has 2 aliphatic rings. The van der Waals surface area contributed by atoms with Gasteiger partial charge in [-0.05, 0) is 24.8 Å². The second-order valence-electron chi connectivity index (χ2n) is 6.36. The number of ether oxygens (including phenoxy) is 1. The molecule has 3 rings (SSSR count). The number of hydrogen-bond donors (Lipinski definition) is 2. The lowest BCUT2D eigenvalue weighted by Crippen LogP contribution is -2.54. The minimum Gasteiger partial charge on any atom is -0.460 e. The molecule has 7 nitrogen and oxygen atoms in total. The third-order valence-electron chi connectivity index (χ3n) is 4.65. The molecular weight excluding hydrogens is 342 g/mol. The van der Waals surface area contributed by atoms with Crippen molar-refractivity contribution in [2.75, 3.05) is 7.05 Å². The molecule has 1 aromatic rings. The maximum Gasteiger partial charge on any atom is 0.299 e. The highest BCUT2D eigenvalue weighted by atomic mass is 32.2. The van der Waals surface area contributed by atoms with E-state index in [-0.39, 0.29) is 24.5 Å². The van der Waals surface area contributed by atoms with Crippen LogP contribution in [0, 0.1) is 0 Å². The fourth-order valence-corrected chi connectivity index (χ4v) is 4.87. The molecule has 0 aromatic heterocycles. The molecule has 2 N–H and O–H groups in total. The fourth-order valence-electron chi connectivity index (χ4n) is 3.31. The van der Waals surface area contributed by atoms with Gasteiger partial charge in [0.15, 0.2) is 0 Å². The van der Waals surface area contributed by atoms with E-state index in [2.05, 4.69) is 15.0 Å². The summed E-state index contributed by atoms with van der Waals surface area (Å²) in [4.78, 5) is 16.3. The van der Waals surface area contributed by atoms with Crippen LogP contribution < -0.4 is 10.0 Å². The van der Waals surface area contributed by atoms with Crippen LogP contribution >= 0.6 is 0 Å². The molecule has 0 spiro atoms. The summed E-state index contributed by atoms with van der Waals surface area (Å²) in [5.74, 6) is -0.174. The number of rotatable bonds is 4. The maximum atomic E-state index is 12.5. The minimum absolute atomic E-state index is 0.0130. The molecule has 1 aromatic carbocycles. The highest BCUT2D eigenvalue weighted by Gasteiger charge is 2.42. The van der Waals surface area contributed by atoms with E-state index in [1.54, 1.807) is 7.05 Å². The molecular formula is C17H23N3O4S. The van der Waals surface area contributed by atoms with Gasteiger partial charge in [-0.1, -0.05) is 36.8 Å². The second-order valence-corrected chi connectivity index (χ2v) is 8.26. The zero-order valence-electron chi connectivity index (χ0n) is 14.1. The van der Waals surface area contributed by atoms with Crippen molar-refractivity contribution >= 4 is 22.0 Å². The van der Waals surface area contributed by atoms with Crippen LogP contribution in [-0.4, -0.2) is 38.7 Å². The van der Waals surface area contributed by atoms with E-state index in [4.69, 9.17) is 4.74 Å². The molecule has 1 aliphatic heterocycles. The molecule has 1 saturated carbocycles. The number of sulfonamides is 1. The van der Waals surface area contributed by atoms with Crippen molar-refractivity contribution in [1.82, 2.24) is 10.0 Å². The zero-order valence-corrected chi connectivity index (χ0v) is 15.0. The smallest absolute Gasteiger partial charge is 0.299 e. The number of fused-ring (bicyclic) bond motifs is 1. The lowest BCUT2D eigenvalue weighted by atomic mass is 9.97. The Bertz CT molecular complexity index is 748. The Morgan fingerprint density at radius 3 is 2.76 bits per heavy atom. The molecule has 25 heavy (non-hydrogen) atoms. The number of nitrogens with zero attached hydrogens (tertiary/aromatic N) is 1. The van der Waals surface area contributed by atoms with Gasteiger partial charge in [-0.2, -0.15) is 0 Å². The SMILES string of the molecule is CNC(=O)C[C@H](N=C1NS(=O)(=O)C2CCCCC2O1)c1ccccc1. The van der Waals surface area contributed by atoms with E-state index in [1.165, 1.54) is 0 Å². The van der Waals surface area contributed by atoms with Crippen molar-refractivity contribution in [3.8, 4) is 0 Å². The van der Waals surface area contributed by atoms with Crippen LogP contribution in [0.1, 0.15) is 43.7 Å². The highest BCUT2D eigenvalue weighted by Crippen LogP contribution is 2.30. The van der Waals surface area contributed by atoms with Crippen molar-refractivity contribution in [2.24, 2.45) is 4.99 Å². The number of amides is 1. The quantitative estimate of drug-likeness (QED) is 0.845. The van der Waals surface area contributed by atoms with E-state index in [0.29, 0.717) is 12.8 Å². The van der Waals surface area contributed by atoms with Gasteiger partial charge >= 0.3 is 0 Å². The van der Waals surface area contributed by atoms with Gasteiger partial charge in [0.05, 0.1) is 12.5 Å². The van der Waals surface area contributed by atoms with Crippen LogP contribution in [0.3, 0.4) is 0 Å². The maximum absolute atomic E-state index is 12.5. The van der Waals surface area contributed by atoms with Gasteiger partial charge in [0.1, 0.15) is 11.4 Å². The number of hydrogen-bond acceptors (Lipinski definition) is 5. The second kappa shape index (κ2) is 7.43. The average Bonchev–Trinajstić information content (AvgIpc) is 2.61. The molecule has 1 aliphatic carbocycles. The third kappa shape index (κ3) is 4.12. The van der Waals surface area contributed by atoms with E-state index >= 15 is 0 Å². The van der Waals surface area contributed by atoms with Crippen molar-refractivity contribution in [3.05, 3.63) is 35.9 Å². The van der Waals surface area contributed by atoms with Gasteiger partial charge in [-0.3, -0.25) is 4.79 Å². The molecule has 2 unspecified atom stereocenters. The van der Waals surface area contributed by atoms with Gasteiger partial charge < -0.3 is 10.1 Å². The summed E-state index contributed by atoms with van der Waals surface area (Å²) in [7, 11) is -1.94. The Kier molecular flexibility index (Phi) is 5.27. The van der Waals surface area contributed by atoms with Gasteiger partial charge in [-0.15, -0.1) is 0 Å². The molecule has 136 valence electrons. The monoisotopic (exact) mass is 365 g/mol. The van der Waals surface area contributed by atoms with Gasteiger partial charge in [0, 0.05) is 7.05 Å². The number of nitrogens with one attached hydrogen (secondary N) is 2. The minimum atomic E-state index is -3.50. The molecule has 8 heteroatoms. The molecule has 3 atom stereocenters. The van der Waals surface area contributed by atoms with Crippen LogP contribution in [-0.2, 0) is 19.6 Å². The number of benzene rings is 1. The first-order valence-electron chi connectivity index (χ1n) is 8.51. The number of aliphatic imine (C=N–C) groups is 1. The van der Waals surface area contributed by atoms with Gasteiger partial charge in [0.2, 0.25) is 15.9 Å². The van der Waals surface area contributed by atoms with Crippen molar-refractivity contribution < 1.29 is 17.9 Å². The standard InChI is InChI=1S/C17H23N3O4S/c1-18-16(21)11-13(12-7-3-2-4-8-12)19-17-20-25(22,23)15-10-6-5-9-14(15)24-17/h2-4,7-8,13-15H,5-6,9-11H2,1H3,(H,18,21)(H,19,20)/t13-,14?,15?/m0/s1. The van der Waals surface area contributed by atoms with Crippen LogP contribution in [0.15, 0.2) is 35.3 Å². The van der Waals surface area contributed by atoms with E-state index in [1.807, 2.05) is 30.3 Å². The van der Waals surface area contributed by atoms with Crippen LogP contribution in [0.4, 0.5) is 0 Å². The van der Waals surface area contributed by atoms with Crippen molar-refractivity contribution in [1.29, 1.82) is 0 Å². The molecule has 0 bridgehead atoms. The summed E-state index contributed by atoms with van der Waals surface area (Å²) in [6.45, 7) is 0. The summed E-state index contributed by atoms with van der Waals surface area (Å²) in [5, 5.41) is 2.06. The van der Waals surface area contributed by atoms with Gasteiger partial charge in [-0.25, -0.2) is 18.1 Å². The zero-order chi connectivity index (χ0) is 17.9. The fraction of sp³-hybridized carbons (Fsp3) is 0.529. The number of carbonyl (C=O) groups is 1. The summed E-state index contributed by atoms with van der Waals surface area (Å²) in [5.41, 5.74) is 0.826. The number of carbonyl (C=O) groups excluding carboxylic acids is 1. The average molecular weight is 365 g/mol. The topological polar surface area (TPSA) is 96.9 Å². The van der Waals surface area contributed by atoms with Crippen molar-refractivity contribution in [2.45, 2.75) is 49.5 Å². The normalized spacial score (nSPS) is 27.5. The van der Waals surface area contributed by atoms with Crippen LogP contribution in [0.25, 0.3) is 0 Å². The van der Waals surface area contributed by atoms with E-state index in [0.717, 1.165) is 18.4 Å². The lowest BCUT2D eigenvalue weighted by molar-refractivity contribution is -0.120. The lowest BCUT2D eigenvalue weighted by Gasteiger charge is -2.36. The van der Waals surface area contributed by atoms with Crippen LogP contribution in [0.2, 0.25) is 0 Å². The van der Waals surface area contributed by atoms with Gasteiger partial charge in [0.25, 0.3) is 6.02 Å². The first-order valence-corrected chi connectivity index (χ1v) is 10.1. The Hall–Kier alpha value is -2.09. The number of amidine groups is 1. The first-order chi connectivity index (χ1) is 12.0. The van der Waals surface area contributed by atoms with E-state index in [9.17, 15) is 13.2 Å². The molecule has 1 saturated heterocycles. The Morgan fingerprint density at radius 2 is 2.04 bits per heavy atom. The molecule has 1 amide bonds. The predicted octanol–water partition coefficient (Wildman–Crippen LogP) is 1.48. The third-order valence-corrected chi connectivity index (χ3v) is 6.44. The van der Waals surface area contributed by atoms with Crippen molar-refractivity contribution in [3.63, 3.8) is 0 Å². The largest absolute Gasteiger partial charge is 0.460 e. The summed E-state index contributed by atoms with van der Waals surface area (Å²) < 4.78 is 33.2. The summed E-state index contributed by atoms with van der Waals surface area (Å²) in [6.07, 6.45) is 2.90. The predicted molar refractivity (Wildman–Crippen MR) is 94.5 cm³/mol. The molecule has 2 fully saturated rings. The van der Waals surface area contributed by atoms with Crippen LogP contribution in [0.5, 0.6) is 0 Å². The Balaban J connectivity index is 1.87. The highest BCUT2D eigenvalue weighted by molar-refractivity contribution is 7.90. The Labute approximate surface area is 147 Å². The summed E-state index contributed by atoms with van der Waals surface area (Å²) >= 11 is 0. The molecule has 0 radical (unpaired) electrons. The first kappa shape index (κ1) is 17.7.